The second kappa shape index (κ2) is 9.77. The predicted molar refractivity (Wildman–Crippen MR) is 127 cm³/mol. The van der Waals surface area contributed by atoms with Crippen molar-refractivity contribution in [3.8, 4) is 0 Å². The lowest BCUT2D eigenvalue weighted by atomic mass is 10.2. The summed E-state index contributed by atoms with van der Waals surface area (Å²) in [7, 11) is 3.94. The molecule has 0 unspecified atom stereocenters. The van der Waals surface area contributed by atoms with Crippen molar-refractivity contribution in [2.24, 2.45) is 9.98 Å². The fourth-order valence-corrected chi connectivity index (χ4v) is 3.94. The molecule has 0 saturated heterocycles. The van der Waals surface area contributed by atoms with Gasteiger partial charge in [-0.05, 0) is 107 Å². The van der Waals surface area contributed by atoms with Crippen molar-refractivity contribution in [3.05, 3.63) is 54.7 Å². The van der Waals surface area contributed by atoms with Gasteiger partial charge in [0.1, 0.15) is 12.7 Å². The van der Waals surface area contributed by atoms with Crippen molar-refractivity contribution < 1.29 is 0 Å². The Kier molecular flexibility index (Phi) is 8.01. The van der Waals surface area contributed by atoms with E-state index < -0.39 is 0 Å². The molecule has 2 rings (SSSR count). The molecule has 0 radical (unpaired) electrons. The molecule has 0 aliphatic carbocycles. The minimum absolute atomic E-state index is 0.985. The maximum absolute atomic E-state index is 4.55. The zero-order chi connectivity index (χ0) is 18.4. The number of rotatable bonds is 6. The molecule has 25 heavy (non-hydrogen) atoms. The Morgan fingerprint density at radius 1 is 0.800 bits per heavy atom. The molecular weight excluding hydrogens is 558 g/mol. The van der Waals surface area contributed by atoms with Crippen LogP contribution in [0, 0.1) is 21.0 Å². The van der Waals surface area contributed by atoms with E-state index in [0.29, 0.717) is 0 Å². The van der Waals surface area contributed by atoms with Gasteiger partial charge >= 0.3 is 0 Å². The SMILES string of the molecule is Cc1cc(I)ccc1N=CN(C)SN(C)C=Nc1ccc(I)cc1C. The third-order valence-electron chi connectivity index (χ3n) is 3.29. The van der Waals surface area contributed by atoms with Gasteiger partial charge in [0.2, 0.25) is 0 Å². The van der Waals surface area contributed by atoms with E-state index in [1.165, 1.54) is 30.4 Å². The summed E-state index contributed by atoms with van der Waals surface area (Å²) < 4.78 is 6.34. The summed E-state index contributed by atoms with van der Waals surface area (Å²) in [6, 6.07) is 12.5. The summed E-state index contributed by atoms with van der Waals surface area (Å²) in [6.07, 6.45) is 3.64. The van der Waals surface area contributed by atoms with Crippen LogP contribution in [-0.2, 0) is 0 Å². The number of aliphatic imine (C=N–C) groups is 2. The molecule has 0 aromatic heterocycles. The Hall–Kier alpha value is -0.810. The van der Waals surface area contributed by atoms with Crippen molar-refractivity contribution in [2.75, 3.05) is 14.1 Å². The number of aryl methyl sites for hydroxylation is 2. The fraction of sp³-hybridized carbons (Fsp3) is 0.222. The molecule has 0 saturated carbocycles. The van der Waals surface area contributed by atoms with E-state index in [4.69, 9.17) is 0 Å². The van der Waals surface area contributed by atoms with Gasteiger partial charge in [0, 0.05) is 21.2 Å². The molecular formula is C18H20I2N4S. The average molecular weight is 578 g/mol. The molecule has 0 heterocycles. The van der Waals surface area contributed by atoms with Crippen LogP contribution in [0.25, 0.3) is 0 Å². The van der Waals surface area contributed by atoms with Crippen LogP contribution in [0.15, 0.2) is 46.4 Å². The first kappa shape index (κ1) is 20.5. The van der Waals surface area contributed by atoms with Crippen molar-refractivity contribution in [1.82, 2.24) is 8.61 Å². The average Bonchev–Trinajstić information content (AvgIpc) is 2.53. The van der Waals surface area contributed by atoms with E-state index in [0.717, 1.165) is 11.4 Å². The minimum atomic E-state index is 0.985. The molecule has 4 nitrogen and oxygen atoms in total. The highest BCUT2D eigenvalue weighted by Gasteiger charge is 2.01. The Morgan fingerprint density at radius 2 is 1.20 bits per heavy atom. The molecule has 2 aromatic rings. The van der Waals surface area contributed by atoms with Crippen LogP contribution in [-0.4, -0.2) is 35.4 Å². The van der Waals surface area contributed by atoms with Gasteiger partial charge in [-0.2, -0.15) is 0 Å². The highest BCUT2D eigenvalue weighted by atomic mass is 127. The molecule has 0 fully saturated rings. The first-order valence-corrected chi connectivity index (χ1v) is 10.5. The summed E-state index contributed by atoms with van der Waals surface area (Å²) >= 11 is 6.14. The molecule has 0 amide bonds. The van der Waals surface area contributed by atoms with Crippen molar-refractivity contribution >= 4 is 81.4 Å². The molecule has 132 valence electrons. The highest BCUT2D eigenvalue weighted by molar-refractivity contribution is 14.1. The Morgan fingerprint density at radius 3 is 1.56 bits per heavy atom. The van der Waals surface area contributed by atoms with Gasteiger partial charge in [-0.3, -0.25) is 8.61 Å². The van der Waals surface area contributed by atoms with Gasteiger partial charge in [0.25, 0.3) is 0 Å². The number of nitrogens with zero attached hydrogens (tertiary/aromatic N) is 4. The second-order valence-corrected chi connectivity index (χ2v) is 9.33. The lowest BCUT2D eigenvalue weighted by molar-refractivity contribution is 0.779. The minimum Gasteiger partial charge on any atom is -0.292 e. The van der Waals surface area contributed by atoms with Crippen molar-refractivity contribution in [3.63, 3.8) is 0 Å². The van der Waals surface area contributed by atoms with Crippen LogP contribution in [0.1, 0.15) is 11.1 Å². The van der Waals surface area contributed by atoms with Gasteiger partial charge in [0.05, 0.1) is 23.5 Å². The molecule has 0 atom stereocenters. The van der Waals surface area contributed by atoms with E-state index in [1.807, 2.05) is 47.5 Å². The number of hydrogen-bond acceptors (Lipinski definition) is 3. The molecule has 0 aliphatic heterocycles. The van der Waals surface area contributed by atoms with Crippen molar-refractivity contribution in [1.29, 1.82) is 0 Å². The summed E-state index contributed by atoms with van der Waals surface area (Å²) in [5, 5.41) is 0. The van der Waals surface area contributed by atoms with E-state index >= 15 is 0 Å². The summed E-state index contributed by atoms with van der Waals surface area (Å²) in [5.74, 6) is 0. The van der Waals surface area contributed by atoms with Gasteiger partial charge in [-0.25, -0.2) is 9.98 Å². The van der Waals surface area contributed by atoms with Gasteiger partial charge in [0.15, 0.2) is 0 Å². The molecule has 0 bridgehead atoms. The zero-order valence-corrected chi connectivity index (χ0v) is 19.7. The summed E-state index contributed by atoms with van der Waals surface area (Å²) in [6.45, 7) is 4.15. The molecule has 0 spiro atoms. The van der Waals surface area contributed by atoms with Crippen molar-refractivity contribution in [2.45, 2.75) is 13.8 Å². The number of benzene rings is 2. The molecule has 7 heteroatoms. The van der Waals surface area contributed by atoms with Crippen LogP contribution >= 0.6 is 57.3 Å². The van der Waals surface area contributed by atoms with Crippen LogP contribution < -0.4 is 0 Å². The lowest BCUT2D eigenvalue weighted by Crippen LogP contribution is -2.16. The van der Waals surface area contributed by atoms with Crippen LogP contribution in [0.5, 0.6) is 0 Å². The topological polar surface area (TPSA) is 31.2 Å². The summed E-state index contributed by atoms with van der Waals surface area (Å²) in [5.41, 5.74) is 4.31. The van der Waals surface area contributed by atoms with E-state index in [9.17, 15) is 0 Å². The predicted octanol–water partition coefficient (Wildman–Crippen LogP) is 5.96. The van der Waals surface area contributed by atoms with E-state index in [1.54, 1.807) is 0 Å². The third kappa shape index (κ3) is 6.78. The Bertz CT molecular complexity index is 727. The van der Waals surface area contributed by atoms with Gasteiger partial charge in [-0.15, -0.1) is 0 Å². The normalized spacial score (nSPS) is 11.4. The molecule has 2 aromatic carbocycles. The molecule has 0 N–H and O–H groups in total. The molecule has 0 aliphatic rings. The third-order valence-corrected chi connectivity index (χ3v) is 5.34. The fourth-order valence-electron chi connectivity index (χ4n) is 2.06. The largest absolute Gasteiger partial charge is 0.292 e. The van der Waals surface area contributed by atoms with E-state index in [2.05, 4.69) is 93.3 Å². The Labute approximate surface area is 181 Å². The number of hydrogen-bond donors (Lipinski definition) is 0. The van der Waals surface area contributed by atoms with Crippen LogP contribution in [0.3, 0.4) is 0 Å². The smallest absolute Gasteiger partial charge is 0.102 e. The van der Waals surface area contributed by atoms with Crippen LogP contribution in [0.4, 0.5) is 11.4 Å². The van der Waals surface area contributed by atoms with E-state index in [-0.39, 0.29) is 0 Å². The maximum Gasteiger partial charge on any atom is 0.102 e. The number of halogens is 2. The summed E-state index contributed by atoms with van der Waals surface area (Å²) in [4.78, 5) is 9.09. The maximum atomic E-state index is 4.55. The first-order chi connectivity index (χ1) is 11.8. The standard InChI is InChI=1S/C18H20I2N4S/c1-13-9-15(19)5-7-17(13)21-11-23(3)25-24(4)12-22-18-8-6-16(20)10-14(18)2/h5-12H,1-4H3. The Balaban J connectivity index is 1.94. The lowest BCUT2D eigenvalue weighted by Gasteiger charge is -2.18. The highest BCUT2D eigenvalue weighted by Crippen LogP contribution is 2.22. The quantitative estimate of drug-likeness (QED) is 0.184. The van der Waals surface area contributed by atoms with Gasteiger partial charge < -0.3 is 0 Å². The first-order valence-electron chi connectivity index (χ1n) is 7.59. The monoisotopic (exact) mass is 578 g/mol. The van der Waals surface area contributed by atoms with Crippen LogP contribution in [0.2, 0.25) is 0 Å². The zero-order valence-electron chi connectivity index (χ0n) is 14.6. The second-order valence-electron chi connectivity index (χ2n) is 5.52. The van der Waals surface area contributed by atoms with Gasteiger partial charge in [-0.1, -0.05) is 0 Å².